The van der Waals surface area contributed by atoms with Crippen molar-refractivity contribution in [3.63, 3.8) is 0 Å². The van der Waals surface area contributed by atoms with Gasteiger partial charge in [0.15, 0.2) is 0 Å². The first-order valence-corrected chi connectivity index (χ1v) is 7.97. The first-order valence-electron chi connectivity index (χ1n) is 7.97. The second-order valence-corrected chi connectivity index (χ2v) is 6.27. The van der Waals surface area contributed by atoms with Crippen molar-refractivity contribution in [1.29, 1.82) is 0 Å². The smallest absolute Gasteiger partial charge is 0.0580 e. The Bertz CT molecular complexity index is 554. The molecule has 1 unspecified atom stereocenters. The van der Waals surface area contributed by atoms with E-state index >= 15 is 0 Å². The number of benzene rings is 2. The van der Waals surface area contributed by atoms with E-state index in [2.05, 4.69) is 42.5 Å². The van der Waals surface area contributed by atoms with Gasteiger partial charge in [-0.15, -0.1) is 0 Å². The molecule has 0 saturated heterocycles. The molecule has 0 bridgehead atoms. The molecule has 0 heterocycles. The van der Waals surface area contributed by atoms with E-state index in [1.165, 1.54) is 48.4 Å². The number of hydrogen-bond donors (Lipinski definition) is 1. The fourth-order valence-electron chi connectivity index (χ4n) is 3.47. The second-order valence-electron chi connectivity index (χ2n) is 6.27. The van der Waals surface area contributed by atoms with Crippen LogP contribution in [0.2, 0.25) is 0 Å². The zero-order valence-electron chi connectivity index (χ0n) is 12.1. The van der Waals surface area contributed by atoms with Crippen LogP contribution in [-0.2, 0) is 6.42 Å². The third kappa shape index (κ3) is 3.40. The summed E-state index contributed by atoms with van der Waals surface area (Å²) in [5, 5.41) is 12.8. The van der Waals surface area contributed by atoms with E-state index in [0.717, 1.165) is 18.8 Å². The summed E-state index contributed by atoms with van der Waals surface area (Å²) in [6, 6.07) is 14.9. The van der Waals surface area contributed by atoms with Crippen LogP contribution in [0.15, 0.2) is 42.5 Å². The minimum absolute atomic E-state index is 0.184. The molecule has 2 aromatic carbocycles. The molecule has 0 spiro atoms. The van der Waals surface area contributed by atoms with Crippen molar-refractivity contribution >= 4 is 10.8 Å². The Kier molecular flexibility index (Phi) is 4.37. The van der Waals surface area contributed by atoms with Gasteiger partial charge in [-0.2, -0.15) is 0 Å². The summed E-state index contributed by atoms with van der Waals surface area (Å²) in [4.78, 5) is 0. The van der Waals surface area contributed by atoms with E-state index in [-0.39, 0.29) is 6.10 Å². The average Bonchev–Trinajstić information content (AvgIpc) is 2.98. The summed E-state index contributed by atoms with van der Waals surface area (Å²) < 4.78 is 0. The van der Waals surface area contributed by atoms with E-state index in [9.17, 15) is 5.11 Å². The van der Waals surface area contributed by atoms with E-state index < -0.39 is 0 Å². The molecule has 1 saturated carbocycles. The number of hydrogen-bond acceptors (Lipinski definition) is 1. The molecular weight excluding hydrogens is 244 g/mol. The van der Waals surface area contributed by atoms with Gasteiger partial charge in [0.25, 0.3) is 0 Å². The van der Waals surface area contributed by atoms with Crippen LogP contribution in [0.3, 0.4) is 0 Å². The van der Waals surface area contributed by atoms with Crippen molar-refractivity contribution in [3.05, 3.63) is 48.0 Å². The Morgan fingerprint density at radius 3 is 2.55 bits per heavy atom. The molecule has 0 amide bonds. The van der Waals surface area contributed by atoms with Gasteiger partial charge < -0.3 is 5.11 Å². The molecule has 0 aromatic heterocycles. The lowest BCUT2D eigenvalue weighted by atomic mass is 9.96. The van der Waals surface area contributed by atoms with Crippen LogP contribution in [0, 0.1) is 5.92 Å². The average molecular weight is 268 g/mol. The lowest BCUT2D eigenvalue weighted by Gasteiger charge is -2.14. The first kappa shape index (κ1) is 13.6. The van der Waals surface area contributed by atoms with Crippen LogP contribution in [0.4, 0.5) is 0 Å². The van der Waals surface area contributed by atoms with Crippen molar-refractivity contribution in [2.45, 2.75) is 51.0 Å². The summed E-state index contributed by atoms with van der Waals surface area (Å²) in [5.74, 6) is 0.876. The summed E-state index contributed by atoms with van der Waals surface area (Å²) in [7, 11) is 0. The van der Waals surface area contributed by atoms with Crippen molar-refractivity contribution in [2.75, 3.05) is 0 Å². The standard InChI is InChI=1S/C19H24O/c20-19(12-10-15-5-1-2-6-15)14-16-9-11-17-7-3-4-8-18(17)13-16/h3-4,7-9,11,13,15,19-20H,1-2,5-6,10,12,14H2. The highest BCUT2D eigenvalue weighted by atomic mass is 16.3. The van der Waals surface area contributed by atoms with Gasteiger partial charge in [0, 0.05) is 0 Å². The molecule has 0 aliphatic heterocycles. The molecule has 1 fully saturated rings. The first-order chi connectivity index (χ1) is 9.81. The molecule has 1 nitrogen and oxygen atoms in total. The van der Waals surface area contributed by atoms with Crippen molar-refractivity contribution in [2.24, 2.45) is 5.92 Å². The molecule has 2 aromatic rings. The summed E-state index contributed by atoms with van der Waals surface area (Å²) >= 11 is 0. The van der Waals surface area contributed by atoms with Crippen LogP contribution in [0.1, 0.15) is 44.1 Å². The van der Waals surface area contributed by atoms with Gasteiger partial charge in [-0.05, 0) is 41.5 Å². The summed E-state index contributed by atoms with van der Waals surface area (Å²) in [5.41, 5.74) is 1.25. The van der Waals surface area contributed by atoms with Crippen LogP contribution in [0.25, 0.3) is 10.8 Å². The molecule has 1 N–H and O–H groups in total. The van der Waals surface area contributed by atoms with Gasteiger partial charge in [0.2, 0.25) is 0 Å². The van der Waals surface area contributed by atoms with Crippen molar-refractivity contribution in [3.8, 4) is 0 Å². The maximum Gasteiger partial charge on any atom is 0.0580 e. The van der Waals surface area contributed by atoms with Crippen LogP contribution in [0.5, 0.6) is 0 Å². The van der Waals surface area contributed by atoms with Gasteiger partial charge in [0.05, 0.1) is 6.10 Å². The lowest BCUT2D eigenvalue weighted by Crippen LogP contribution is -2.12. The molecular formula is C19H24O. The van der Waals surface area contributed by atoms with Crippen molar-refractivity contribution in [1.82, 2.24) is 0 Å². The topological polar surface area (TPSA) is 20.2 Å². The van der Waals surface area contributed by atoms with E-state index in [4.69, 9.17) is 0 Å². The van der Waals surface area contributed by atoms with Crippen LogP contribution >= 0.6 is 0 Å². The third-order valence-electron chi connectivity index (χ3n) is 4.67. The largest absolute Gasteiger partial charge is 0.393 e. The Balaban J connectivity index is 1.57. The van der Waals surface area contributed by atoms with Crippen molar-refractivity contribution < 1.29 is 5.11 Å². The van der Waals surface area contributed by atoms with Gasteiger partial charge >= 0.3 is 0 Å². The monoisotopic (exact) mass is 268 g/mol. The number of rotatable bonds is 5. The molecule has 106 valence electrons. The molecule has 1 heteroatoms. The van der Waals surface area contributed by atoms with Gasteiger partial charge in [-0.3, -0.25) is 0 Å². The Hall–Kier alpha value is -1.34. The number of aliphatic hydroxyl groups is 1. The number of fused-ring (bicyclic) bond motifs is 1. The molecule has 1 aliphatic rings. The van der Waals surface area contributed by atoms with Crippen LogP contribution < -0.4 is 0 Å². The van der Waals surface area contributed by atoms with Gasteiger partial charge in [-0.25, -0.2) is 0 Å². The zero-order valence-corrected chi connectivity index (χ0v) is 12.1. The molecule has 1 atom stereocenters. The normalized spacial score (nSPS) is 17.6. The molecule has 3 rings (SSSR count). The minimum atomic E-state index is -0.184. The lowest BCUT2D eigenvalue weighted by molar-refractivity contribution is 0.155. The second kappa shape index (κ2) is 6.41. The highest BCUT2D eigenvalue weighted by molar-refractivity contribution is 5.82. The maximum atomic E-state index is 10.2. The van der Waals surface area contributed by atoms with Gasteiger partial charge in [0.1, 0.15) is 0 Å². The SMILES string of the molecule is OC(CCC1CCCC1)Cc1ccc2ccccc2c1. The molecule has 1 aliphatic carbocycles. The quantitative estimate of drug-likeness (QED) is 0.832. The molecule has 20 heavy (non-hydrogen) atoms. The fraction of sp³-hybridized carbons (Fsp3) is 0.474. The highest BCUT2D eigenvalue weighted by Gasteiger charge is 2.16. The Morgan fingerprint density at radius 2 is 1.75 bits per heavy atom. The Morgan fingerprint density at radius 1 is 1.00 bits per heavy atom. The maximum absolute atomic E-state index is 10.2. The highest BCUT2D eigenvalue weighted by Crippen LogP contribution is 2.29. The third-order valence-corrected chi connectivity index (χ3v) is 4.67. The van der Waals surface area contributed by atoms with E-state index in [1.54, 1.807) is 0 Å². The molecule has 0 radical (unpaired) electrons. The number of aliphatic hydroxyl groups excluding tert-OH is 1. The fourth-order valence-corrected chi connectivity index (χ4v) is 3.47. The summed E-state index contributed by atoms with van der Waals surface area (Å²) in [6.45, 7) is 0. The Labute approximate surface area is 121 Å². The predicted molar refractivity (Wildman–Crippen MR) is 84.9 cm³/mol. The van der Waals surface area contributed by atoms with Gasteiger partial charge in [-0.1, -0.05) is 68.1 Å². The van der Waals surface area contributed by atoms with E-state index in [0.29, 0.717) is 0 Å². The summed E-state index contributed by atoms with van der Waals surface area (Å²) in [6.07, 6.45) is 8.31. The zero-order chi connectivity index (χ0) is 13.8. The minimum Gasteiger partial charge on any atom is -0.393 e. The van der Waals surface area contributed by atoms with E-state index in [1.807, 2.05) is 0 Å². The van der Waals surface area contributed by atoms with Crippen LogP contribution in [-0.4, -0.2) is 11.2 Å². The predicted octanol–water partition coefficient (Wildman–Crippen LogP) is 4.71.